The Labute approximate surface area is 196 Å². The zero-order chi connectivity index (χ0) is 20.7. The zero-order valence-electron chi connectivity index (χ0n) is 16.6. The van der Waals surface area contributed by atoms with Crippen LogP contribution in [0.2, 0.25) is 10.0 Å². The van der Waals surface area contributed by atoms with E-state index in [0.717, 1.165) is 42.8 Å². The zero-order valence-corrected chi connectivity index (χ0v) is 18.9. The van der Waals surface area contributed by atoms with Crippen LogP contribution in [0.5, 0.6) is 5.75 Å². The van der Waals surface area contributed by atoms with Crippen molar-refractivity contribution in [3.05, 3.63) is 63.8 Å². The summed E-state index contributed by atoms with van der Waals surface area (Å²) in [5.74, 6) is 0.422. The van der Waals surface area contributed by atoms with E-state index in [1.54, 1.807) is 22.9 Å². The summed E-state index contributed by atoms with van der Waals surface area (Å²) < 4.78 is 7.66. The van der Waals surface area contributed by atoms with Crippen molar-refractivity contribution < 1.29 is 9.53 Å². The molecule has 0 unspecified atom stereocenters. The fourth-order valence-corrected chi connectivity index (χ4v) is 4.39. The van der Waals surface area contributed by atoms with Gasteiger partial charge in [0.1, 0.15) is 12.4 Å². The smallest absolute Gasteiger partial charge is 0.286 e. The van der Waals surface area contributed by atoms with E-state index in [9.17, 15) is 4.79 Å². The SMILES string of the molecule is Cl.O=C(NN1CCCCC1)c1nn(-c2ccccc2Cl)c2c1COc1cc(Cl)ccc1-2. The second kappa shape index (κ2) is 9.09. The first kappa shape index (κ1) is 22.0. The summed E-state index contributed by atoms with van der Waals surface area (Å²) >= 11 is 12.6. The molecule has 2 aliphatic heterocycles. The second-order valence-corrected chi connectivity index (χ2v) is 8.30. The molecule has 3 aromatic rings. The van der Waals surface area contributed by atoms with Crippen LogP contribution in [0.1, 0.15) is 35.3 Å². The van der Waals surface area contributed by atoms with E-state index >= 15 is 0 Å². The standard InChI is InChI=1S/C22H20Cl2N4O2.ClH/c23-14-8-9-15-19(12-14)30-13-16-20(22(29)26-27-10-4-1-5-11-27)25-28(21(15)16)18-7-3-2-6-17(18)24;/h2-3,6-9,12H,1,4-5,10-11,13H2,(H,26,29);1H. The molecule has 1 fully saturated rings. The molecular weight excluding hydrogens is 459 g/mol. The Hall–Kier alpha value is -2.25. The summed E-state index contributed by atoms with van der Waals surface area (Å²) in [5, 5.41) is 7.79. The summed E-state index contributed by atoms with van der Waals surface area (Å²) in [5.41, 5.74) is 6.41. The number of nitrogens with one attached hydrogen (secondary N) is 1. The molecule has 0 aliphatic carbocycles. The van der Waals surface area contributed by atoms with E-state index in [0.29, 0.717) is 27.2 Å². The molecule has 3 heterocycles. The molecule has 0 spiro atoms. The maximum Gasteiger partial charge on any atom is 0.286 e. The quantitative estimate of drug-likeness (QED) is 0.554. The van der Waals surface area contributed by atoms with Crippen molar-refractivity contribution in [1.82, 2.24) is 20.2 Å². The number of fused-ring (bicyclic) bond motifs is 3. The van der Waals surface area contributed by atoms with E-state index in [1.165, 1.54) is 6.42 Å². The van der Waals surface area contributed by atoms with Gasteiger partial charge in [-0.2, -0.15) is 5.10 Å². The Kier molecular flexibility index (Phi) is 6.44. The summed E-state index contributed by atoms with van der Waals surface area (Å²) in [6, 6.07) is 12.9. The Morgan fingerprint density at radius 3 is 2.61 bits per heavy atom. The van der Waals surface area contributed by atoms with Crippen LogP contribution >= 0.6 is 35.6 Å². The highest BCUT2D eigenvalue weighted by Gasteiger charge is 2.31. The molecule has 6 nitrogen and oxygen atoms in total. The van der Waals surface area contributed by atoms with Gasteiger partial charge in [0.2, 0.25) is 0 Å². The first-order chi connectivity index (χ1) is 14.6. The predicted molar refractivity (Wildman–Crippen MR) is 123 cm³/mol. The molecule has 0 atom stereocenters. The van der Waals surface area contributed by atoms with Gasteiger partial charge in [-0.1, -0.05) is 41.8 Å². The van der Waals surface area contributed by atoms with Crippen LogP contribution in [-0.2, 0) is 6.61 Å². The lowest BCUT2D eigenvalue weighted by Gasteiger charge is -2.26. The van der Waals surface area contributed by atoms with Crippen molar-refractivity contribution in [2.75, 3.05) is 13.1 Å². The monoisotopic (exact) mass is 478 g/mol. The molecule has 1 saturated heterocycles. The van der Waals surface area contributed by atoms with E-state index in [2.05, 4.69) is 5.43 Å². The number of rotatable bonds is 3. The maximum absolute atomic E-state index is 13.1. The number of carbonyl (C=O) groups is 1. The summed E-state index contributed by atoms with van der Waals surface area (Å²) in [6.45, 7) is 1.92. The van der Waals surface area contributed by atoms with Crippen LogP contribution in [0.4, 0.5) is 0 Å². The number of piperidine rings is 1. The summed E-state index contributed by atoms with van der Waals surface area (Å²) in [7, 11) is 0. The van der Waals surface area contributed by atoms with Crippen LogP contribution in [0.3, 0.4) is 0 Å². The molecule has 0 saturated carbocycles. The first-order valence-corrected chi connectivity index (χ1v) is 10.7. The number of amides is 1. The topological polar surface area (TPSA) is 59.4 Å². The fourth-order valence-electron chi connectivity index (χ4n) is 4.01. The van der Waals surface area contributed by atoms with Gasteiger partial charge in [-0.3, -0.25) is 10.2 Å². The summed E-state index contributed by atoms with van der Waals surface area (Å²) in [4.78, 5) is 13.1. The van der Waals surface area contributed by atoms with Crippen molar-refractivity contribution in [1.29, 1.82) is 0 Å². The lowest BCUT2D eigenvalue weighted by molar-refractivity contribution is 0.0742. The Balaban J connectivity index is 0.00000231. The van der Waals surface area contributed by atoms with E-state index < -0.39 is 0 Å². The minimum absolute atomic E-state index is 0. The number of hydrogen-bond donors (Lipinski definition) is 1. The molecule has 2 aromatic carbocycles. The van der Waals surface area contributed by atoms with Gasteiger partial charge < -0.3 is 4.74 Å². The number of hydrazine groups is 1. The van der Waals surface area contributed by atoms with Crippen LogP contribution in [0, 0.1) is 0 Å². The second-order valence-electron chi connectivity index (χ2n) is 7.46. The van der Waals surface area contributed by atoms with Gasteiger partial charge in [-0.05, 0) is 43.2 Å². The normalized spacial score (nSPS) is 15.3. The van der Waals surface area contributed by atoms with Gasteiger partial charge in [-0.15, -0.1) is 12.4 Å². The number of hydrogen-bond acceptors (Lipinski definition) is 4. The molecule has 5 rings (SSSR count). The highest BCUT2D eigenvalue weighted by atomic mass is 35.5. The van der Waals surface area contributed by atoms with Crippen LogP contribution in [0.15, 0.2) is 42.5 Å². The number of para-hydroxylation sites is 1. The van der Waals surface area contributed by atoms with Crippen molar-refractivity contribution in [3.8, 4) is 22.7 Å². The third-order valence-corrected chi connectivity index (χ3v) is 6.02. The molecule has 1 N–H and O–H groups in total. The van der Waals surface area contributed by atoms with Gasteiger partial charge in [0.15, 0.2) is 5.69 Å². The van der Waals surface area contributed by atoms with Gasteiger partial charge >= 0.3 is 0 Å². The molecular formula is C22H21Cl3N4O2. The molecule has 31 heavy (non-hydrogen) atoms. The number of nitrogens with zero attached hydrogens (tertiary/aromatic N) is 3. The minimum atomic E-state index is -0.236. The van der Waals surface area contributed by atoms with E-state index in [4.69, 9.17) is 33.0 Å². The largest absolute Gasteiger partial charge is 0.488 e. The van der Waals surface area contributed by atoms with E-state index in [1.807, 2.05) is 29.3 Å². The Bertz CT molecular complexity index is 1130. The molecule has 1 aromatic heterocycles. The lowest BCUT2D eigenvalue weighted by atomic mass is 10.0. The third-order valence-electron chi connectivity index (χ3n) is 5.47. The van der Waals surface area contributed by atoms with Gasteiger partial charge in [-0.25, -0.2) is 9.69 Å². The number of carbonyl (C=O) groups excluding carboxylic acids is 1. The molecule has 162 valence electrons. The third kappa shape index (κ3) is 4.13. The van der Waals surface area contributed by atoms with E-state index in [-0.39, 0.29) is 24.9 Å². The summed E-state index contributed by atoms with van der Waals surface area (Å²) in [6.07, 6.45) is 3.34. The lowest BCUT2D eigenvalue weighted by Crippen LogP contribution is -2.45. The van der Waals surface area contributed by atoms with Gasteiger partial charge in [0, 0.05) is 29.2 Å². The molecule has 2 aliphatic rings. The Morgan fingerprint density at radius 1 is 1.06 bits per heavy atom. The maximum atomic E-state index is 13.1. The molecule has 0 bridgehead atoms. The van der Waals surface area contributed by atoms with Crippen molar-refractivity contribution in [3.63, 3.8) is 0 Å². The average Bonchev–Trinajstić information content (AvgIpc) is 3.14. The van der Waals surface area contributed by atoms with Crippen LogP contribution in [-0.4, -0.2) is 33.8 Å². The number of halogens is 3. The van der Waals surface area contributed by atoms with Gasteiger partial charge in [0.25, 0.3) is 5.91 Å². The number of benzene rings is 2. The molecule has 1 amide bonds. The first-order valence-electron chi connectivity index (χ1n) is 9.97. The number of ether oxygens (including phenoxy) is 1. The predicted octanol–water partition coefficient (Wildman–Crippen LogP) is 5.29. The van der Waals surface area contributed by atoms with Crippen LogP contribution < -0.4 is 10.2 Å². The fraction of sp³-hybridized carbons (Fsp3) is 0.273. The molecule has 9 heteroatoms. The van der Waals surface area contributed by atoms with Crippen LogP contribution in [0.25, 0.3) is 16.9 Å². The van der Waals surface area contributed by atoms with Crippen molar-refractivity contribution in [2.45, 2.75) is 25.9 Å². The average molecular weight is 480 g/mol. The van der Waals surface area contributed by atoms with Crippen molar-refractivity contribution in [2.24, 2.45) is 0 Å². The Morgan fingerprint density at radius 2 is 1.84 bits per heavy atom. The van der Waals surface area contributed by atoms with Gasteiger partial charge in [0.05, 0.1) is 16.4 Å². The highest BCUT2D eigenvalue weighted by molar-refractivity contribution is 6.32. The minimum Gasteiger partial charge on any atom is -0.488 e. The molecule has 0 radical (unpaired) electrons. The van der Waals surface area contributed by atoms with Crippen molar-refractivity contribution >= 4 is 41.5 Å². The highest BCUT2D eigenvalue weighted by Crippen LogP contribution is 2.42. The number of aromatic nitrogens is 2.